The van der Waals surface area contributed by atoms with Gasteiger partial charge in [-0.25, -0.2) is 9.78 Å². The van der Waals surface area contributed by atoms with Gasteiger partial charge < -0.3 is 0 Å². The zero-order chi connectivity index (χ0) is 14.2. The Morgan fingerprint density at radius 2 is 1.89 bits per heavy atom. The highest BCUT2D eigenvalue weighted by atomic mass is 16.2. The van der Waals surface area contributed by atoms with Crippen LogP contribution >= 0.6 is 0 Å². The maximum absolute atomic E-state index is 12.3. The fourth-order valence-corrected chi connectivity index (χ4v) is 2.33. The number of rotatable bonds is 3. The van der Waals surface area contributed by atoms with Crippen molar-refractivity contribution in [1.82, 2.24) is 14.1 Å². The van der Waals surface area contributed by atoms with Crippen LogP contribution in [0.3, 0.4) is 0 Å². The van der Waals surface area contributed by atoms with Crippen LogP contribution in [0.5, 0.6) is 0 Å². The van der Waals surface area contributed by atoms with Crippen molar-refractivity contribution in [2.45, 2.75) is 33.1 Å². The summed E-state index contributed by atoms with van der Waals surface area (Å²) in [5, 5.41) is 0.573. The summed E-state index contributed by atoms with van der Waals surface area (Å²) in [6, 6.07) is 1.95. The van der Waals surface area contributed by atoms with Gasteiger partial charge in [0, 0.05) is 19.8 Å². The fraction of sp³-hybridized carbons (Fsp3) is 0.500. The highest BCUT2D eigenvalue weighted by Crippen LogP contribution is 2.15. The number of hydrogen-bond donors (Lipinski definition) is 0. The molecule has 0 unspecified atom stereocenters. The average molecular weight is 261 g/mol. The molecule has 2 rings (SSSR count). The Balaban J connectivity index is 2.91. The molecule has 2 aromatic heterocycles. The molecular formula is C14H19N3O2. The van der Waals surface area contributed by atoms with E-state index in [-0.39, 0.29) is 11.2 Å². The van der Waals surface area contributed by atoms with E-state index in [0.717, 1.165) is 35.1 Å². The van der Waals surface area contributed by atoms with Crippen LogP contribution in [-0.2, 0) is 20.5 Å². The van der Waals surface area contributed by atoms with E-state index in [1.165, 1.54) is 11.6 Å². The normalized spacial score (nSPS) is 11.2. The molecule has 102 valence electrons. The second kappa shape index (κ2) is 4.99. The van der Waals surface area contributed by atoms with Crippen molar-refractivity contribution in [3.8, 4) is 0 Å². The van der Waals surface area contributed by atoms with E-state index in [2.05, 4.69) is 11.9 Å². The Labute approximate surface area is 111 Å². The van der Waals surface area contributed by atoms with Crippen molar-refractivity contribution in [2.75, 3.05) is 0 Å². The van der Waals surface area contributed by atoms with Crippen molar-refractivity contribution in [3.05, 3.63) is 38.2 Å². The first-order valence-corrected chi connectivity index (χ1v) is 6.53. The zero-order valence-electron chi connectivity index (χ0n) is 11.9. The van der Waals surface area contributed by atoms with Gasteiger partial charge in [0.05, 0.1) is 5.39 Å². The molecule has 0 aromatic carbocycles. The lowest BCUT2D eigenvalue weighted by Gasteiger charge is -2.11. The van der Waals surface area contributed by atoms with Gasteiger partial charge in [0.25, 0.3) is 5.56 Å². The summed E-state index contributed by atoms with van der Waals surface area (Å²) in [5.74, 6) is 0. The minimum Gasteiger partial charge on any atom is -0.280 e. The SMILES string of the molecule is CCCCc1cc(C)nc2c1c(=O)n(C)c(=O)n2C. The van der Waals surface area contributed by atoms with Crippen molar-refractivity contribution in [2.24, 2.45) is 14.1 Å². The van der Waals surface area contributed by atoms with E-state index < -0.39 is 0 Å². The molecular weight excluding hydrogens is 242 g/mol. The predicted octanol–water partition coefficient (Wildman–Crippen LogP) is 1.28. The minimum atomic E-state index is -0.336. The lowest BCUT2D eigenvalue weighted by molar-refractivity contribution is 0.703. The summed E-state index contributed by atoms with van der Waals surface area (Å²) >= 11 is 0. The molecule has 2 aromatic rings. The highest BCUT2D eigenvalue weighted by molar-refractivity contribution is 5.78. The highest BCUT2D eigenvalue weighted by Gasteiger charge is 2.14. The molecule has 0 bridgehead atoms. The molecule has 0 saturated carbocycles. The molecule has 0 fully saturated rings. The third-order valence-corrected chi connectivity index (χ3v) is 3.42. The van der Waals surface area contributed by atoms with Gasteiger partial charge in [-0.3, -0.25) is 13.9 Å². The Morgan fingerprint density at radius 3 is 2.53 bits per heavy atom. The van der Waals surface area contributed by atoms with Gasteiger partial charge in [0.15, 0.2) is 0 Å². The van der Waals surface area contributed by atoms with Crippen LogP contribution in [0.4, 0.5) is 0 Å². The van der Waals surface area contributed by atoms with E-state index in [4.69, 9.17) is 0 Å². The number of fused-ring (bicyclic) bond motifs is 1. The van der Waals surface area contributed by atoms with E-state index >= 15 is 0 Å². The molecule has 0 aliphatic rings. The van der Waals surface area contributed by atoms with Crippen molar-refractivity contribution in [1.29, 1.82) is 0 Å². The molecule has 0 spiro atoms. The van der Waals surface area contributed by atoms with Crippen LogP contribution in [0.15, 0.2) is 15.7 Å². The Morgan fingerprint density at radius 1 is 1.21 bits per heavy atom. The molecule has 0 aliphatic heterocycles. The smallest absolute Gasteiger partial charge is 0.280 e. The van der Waals surface area contributed by atoms with Crippen molar-refractivity contribution in [3.63, 3.8) is 0 Å². The van der Waals surface area contributed by atoms with Gasteiger partial charge in [0.2, 0.25) is 0 Å². The molecule has 5 heteroatoms. The van der Waals surface area contributed by atoms with E-state index in [0.29, 0.717) is 11.0 Å². The monoisotopic (exact) mass is 261 g/mol. The summed E-state index contributed by atoms with van der Waals surface area (Å²) in [6.45, 7) is 4.00. The first kappa shape index (κ1) is 13.5. The molecule has 0 saturated heterocycles. The van der Waals surface area contributed by atoms with Gasteiger partial charge in [-0.1, -0.05) is 13.3 Å². The largest absolute Gasteiger partial charge is 0.332 e. The molecule has 5 nitrogen and oxygen atoms in total. The predicted molar refractivity (Wildman–Crippen MR) is 75.6 cm³/mol. The van der Waals surface area contributed by atoms with Crippen molar-refractivity contribution < 1.29 is 0 Å². The standard InChI is InChI=1S/C14H19N3O2/c1-5-6-7-10-8-9(2)15-12-11(10)13(18)17(4)14(19)16(12)3/h8H,5-7H2,1-4H3. The Bertz CT molecular complexity index is 741. The summed E-state index contributed by atoms with van der Waals surface area (Å²) < 4.78 is 2.59. The molecule has 0 radical (unpaired) electrons. The zero-order valence-corrected chi connectivity index (χ0v) is 11.9. The number of aromatic nitrogens is 3. The van der Waals surface area contributed by atoms with Crippen LogP contribution in [0.1, 0.15) is 31.0 Å². The number of hydrogen-bond acceptors (Lipinski definition) is 3. The van der Waals surface area contributed by atoms with Crippen LogP contribution in [-0.4, -0.2) is 14.1 Å². The number of nitrogens with zero attached hydrogens (tertiary/aromatic N) is 3. The van der Waals surface area contributed by atoms with Crippen LogP contribution in [0.25, 0.3) is 11.0 Å². The fourth-order valence-electron chi connectivity index (χ4n) is 2.33. The summed E-state index contributed by atoms with van der Waals surface area (Å²) in [6.07, 6.45) is 2.92. The third kappa shape index (κ3) is 2.20. The molecule has 19 heavy (non-hydrogen) atoms. The second-order valence-corrected chi connectivity index (χ2v) is 4.93. The molecule has 2 heterocycles. The lowest BCUT2D eigenvalue weighted by atomic mass is 10.1. The number of unbranched alkanes of at least 4 members (excludes halogenated alkanes) is 1. The van der Waals surface area contributed by atoms with Gasteiger partial charge >= 0.3 is 5.69 Å². The second-order valence-electron chi connectivity index (χ2n) is 4.93. The number of pyridine rings is 1. The third-order valence-electron chi connectivity index (χ3n) is 3.42. The van der Waals surface area contributed by atoms with Gasteiger partial charge in [0.1, 0.15) is 5.65 Å². The quantitative estimate of drug-likeness (QED) is 0.836. The van der Waals surface area contributed by atoms with Gasteiger partial charge in [-0.15, -0.1) is 0 Å². The van der Waals surface area contributed by atoms with E-state index in [1.807, 2.05) is 13.0 Å². The van der Waals surface area contributed by atoms with Crippen molar-refractivity contribution >= 4 is 11.0 Å². The van der Waals surface area contributed by atoms with E-state index in [1.54, 1.807) is 7.05 Å². The minimum absolute atomic E-state index is 0.253. The maximum Gasteiger partial charge on any atom is 0.332 e. The van der Waals surface area contributed by atoms with Crippen LogP contribution in [0.2, 0.25) is 0 Å². The topological polar surface area (TPSA) is 56.9 Å². The maximum atomic E-state index is 12.3. The first-order chi connectivity index (χ1) is 8.97. The van der Waals surface area contributed by atoms with Gasteiger partial charge in [-0.2, -0.15) is 0 Å². The molecule has 0 aliphatic carbocycles. The average Bonchev–Trinajstić information content (AvgIpc) is 2.39. The van der Waals surface area contributed by atoms with Gasteiger partial charge in [-0.05, 0) is 31.4 Å². The first-order valence-electron chi connectivity index (χ1n) is 6.53. The Kier molecular flexibility index (Phi) is 3.55. The lowest BCUT2D eigenvalue weighted by Crippen LogP contribution is -2.37. The summed E-state index contributed by atoms with van der Waals surface area (Å²) in [5.41, 5.74) is 1.72. The van der Waals surface area contributed by atoms with E-state index in [9.17, 15) is 9.59 Å². The molecule has 0 atom stereocenters. The Hall–Kier alpha value is -1.91. The van der Waals surface area contributed by atoms with Crippen LogP contribution in [0, 0.1) is 6.92 Å². The summed E-state index contributed by atoms with van der Waals surface area (Å²) in [4.78, 5) is 28.6. The number of aryl methyl sites for hydroxylation is 3. The van der Waals surface area contributed by atoms with Crippen LogP contribution < -0.4 is 11.2 Å². The molecule has 0 amide bonds. The summed E-state index contributed by atoms with van der Waals surface area (Å²) in [7, 11) is 3.16. The molecule has 0 N–H and O–H groups in total.